The lowest BCUT2D eigenvalue weighted by Crippen LogP contribution is -2.45. The standard InChI is InChI=1S/C15H21N5S/c1-2-16-14-4-3-13(11-18-14)12-19-6-8-20(9-7-19)15-17-5-10-21-15/h3-5,10-11H,2,6-9,12H2,1H3,(H,16,18). The number of rotatable bonds is 5. The highest BCUT2D eigenvalue weighted by molar-refractivity contribution is 7.13. The maximum Gasteiger partial charge on any atom is 0.185 e. The maximum atomic E-state index is 4.43. The van der Waals surface area contributed by atoms with Crippen LogP contribution in [0.5, 0.6) is 0 Å². The van der Waals surface area contributed by atoms with Crippen LogP contribution in [0.15, 0.2) is 29.9 Å². The molecule has 0 atom stereocenters. The molecule has 2 aromatic heterocycles. The van der Waals surface area contributed by atoms with E-state index < -0.39 is 0 Å². The van der Waals surface area contributed by atoms with Crippen LogP contribution in [0.4, 0.5) is 10.9 Å². The highest BCUT2D eigenvalue weighted by Gasteiger charge is 2.18. The van der Waals surface area contributed by atoms with Gasteiger partial charge in [0.1, 0.15) is 5.82 Å². The van der Waals surface area contributed by atoms with Crippen LogP contribution in [0, 0.1) is 0 Å². The molecule has 0 saturated carbocycles. The number of nitrogens with zero attached hydrogens (tertiary/aromatic N) is 4. The largest absolute Gasteiger partial charge is 0.370 e. The Labute approximate surface area is 129 Å². The third-order valence-electron chi connectivity index (χ3n) is 3.65. The third kappa shape index (κ3) is 3.71. The lowest BCUT2D eigenvalue weighted by atomic mass is 10.2. The van der Waals surface area contributed by atoms with Crippen molar-refractivity contribution < 1.29 is 0 Å². The smallest absolute Gasteiger partial charge is 0.185 e. The van der Waals surface area contributed by atoms with Crippen molar-refractivity contribution in [3.8, 4) is 0 Å². The molecule has 1 saturated heterocycles. The molecule has 6 heteroatoms. The Morgan fingerprint density at radius 3 is 2.67 bits per heavy atom. The predicted octanol–water partition coefficient (Wildman–Crippen LogP) is 2.29. The lowest BCUT2D eigenvalue weighted by molar-refractivity contribution is 0.249. The molecule has 0 spiro atoms. The van der Waals surface area contributed by atoms with Crippen LogP contribution in [-0.4, -0.2) is 47.6 Å². The van der Waals surface area contributed by atoms with Gasteiger partial charge in [-0.25, -0.2) is 9.97 Å². The van der Waals surface area contributed by atoms with Crippen molar-refractivity contribution in [3.05, 3.63) is 35.5 Å². The summed E-state index contributed by atoms with van der Waals surface area (Å²) in [5.41, 5.74) is 1.28. The van der Waals surface area contributed by atoms with E-state index in [0.717, 1.165) is 50.2 Å². The van der Waals surface area contributed by atoms with Crippen LogP contribution in [0.25, 0.3) is 0 Å². The van der Waals surface area contributed by atoms with Crippen molar-refractivity contribution >= 4 is 22.3 Å². The van der Waals surface area contributed by atoms with Gasteiger partial charge in [0.15, 0.2) is 5.13 Å². The Morgan fingerprint density at radius 1 is 1.19 bits per heavy atom. The van der Waals surface area contributed by atoms with Gasteiger partial charge in [-0.05, 0) is 18.6 Å². The van der Waals surface area contributed by atoms with Gasteiger partial charge in [-0.1, -0.05) is 6.07 Å². The number of piperazine rings is 1. The van der Waals surface area contributed by atoms with Crippen molar-refractivity contribution in [3.63, 3.8) is 0 Å². The van der Waals surface area contributed by atoms with Gasteiger partial charge in [-0.15, -0.1) is 11.3 Å². The third-order valence-corrected chi connectivity index (χ3v) is 4.48. The summed E-state index contributed by atoms with van der Waals surface area (Å²) in [4.78, 5) is 13.7. The fraction of sp³-hybridized carbons (Fsp3) is 0.467. The Balaban J connectivity index is 1.51. The molecular weight excluding hydrogens is 282 g/mol. The highest BCUT2D eigenvalue weighted by atomic mass is 32.1. The number of anilines is 2. The summed E-state index contributed by atoms with van der Waals surface area (Å²) < 4.78 is 0. The zero-order valence-corrected chi connectivity index (χ0v) is 13.1. The summed E-state index contributed by atoms with van der Waals surface area (Å²) in [5, 5.41) is 6.41. The van der Waals surface area contributed by atoms with Gasteiger partial charge >= 0.3 is 0 Å². The average molecular weight is 303 g/mol. The van der Waals surface area contributed by atoms with Gasteiger partial charge in [0.05, 0.1) is 0 Å². The first-order valence-corrected chi connectivity index (χ1v) is 8.28. The van der Waals surface area contributed by atoms with Crippen LogP contribution in [0.2, 0.25) is 0 Å². The number of hydrogen-bond acceptors (Lipinski definition) is 6. The summed E-state index contributed by atoms with van der Waals surface area (Å²) in [6.45, 7) is 8.23. The van der Waals surface area contributed by atoms with Crippen molar-refractivity contribution in [1.29, 1.82) is 0 Å². The molecule has 21 heavy (non-hydrogen) atoms. The quantitative estimate of drug-likeness (QED) is 0.918. The molecule has 0 aliphatic carbocycles. The normalized spacial score (nSPS) is 16.1. The molecule has 0 aromatic carbocycles. The highest BCUT2D eigenvalue weighted by Crippen LogP contribution is 2.19. The van der Waals surface area contributed by atoms with E-state index in [0.29, 0.717) is 0 Å². The van der Waals surface area contributed by atoms with Gasteiger partial charge in [0.25, 0.3) is 0 Å². The molecule has 1 N–H and O–H groups in total. The second kappa shape index (κ2) is 6.87. The second-order valence-electron chi connectivity index (χ2n) is 5.16. The first kappa shape index (κ1) is 14.3. The van der Waals surface area contributed by atoms with Gasteiger partial charge in [0.2, 0.25) is 0 Å². The van der Waals surface area contributed by atoms with Crippen molar-refractivity contribution in [2.24, 2.45) is 0 Å². The minimum absolute atomic E-state index is 0.908. The minimum Gasteiger partial charge on any atom is -0.370 e. The van der Waals surface area contributed by atoms with Crippen LogP contribution in [-0.2, 0) is 6.54 Å². The molecule has 1 aliphatic rings. The lowest BCUT2D eigenvalue weighted by Gasteiger charge is -2.34. The van der Waals surface area contributed by atoms with E-state index in [1.807, 2.05) is 17.8 Å². The molecule has 112 valence electrons. The summed E-state index contributed by atoms with van der Waals surface area (Å²) >= 11 is 1.72. The van der Waals surface area contributed by atoms with Gasteiger partial charge in [-0.2, -0.15) is 0 Å². The maximum absolute atomic E-state index is 4.43. The topological polar surface area (TPSA) is 44.3 Å². The number of aromatic nitrogens is 2. The Kier molecular flexibility index (Phi) is 4.67. The van der Waals surface area contributed by atoms with E-state index in [2.05, 4.69) is 44.1 Å². The molecule has 1 fully saturated rings. The Hall–Kier alpha value is -1.66. The van der Waals surface area contributed by atoms with Gasteiger partial charge < -0.3 is 10.2 Å². The number of hydrogen-bond donors (Lipinski definition) is 1. The summed E-state index contributed by atoms with van der Waals surface area (Å²) in [7, 11) is 0. The van der Waals surface area contributed by atoms with Gasteiger partial charge in [-0.3, -0.25) is 4.90 Å². The van der Waals surface area contributed by atoms with Crippen LogP contribution in [0.1, 0.15) is 12.5 Å². The molecular formula is C15H21N5S. The van der Waals surface area contributed by atoms with Crippen LogP contribution >= 0.6 is 11.3 Å². The predicted molar refractivity (Wildman–Crippen MR) is 88.0 cm³/mol. The van der Waals surface area contributed by atoms with E-state index in [1.54, 1.807) is 11.3 Å². The molecule has 3 heterocycles. The monoisotopic (exact) mass is 303 g/mol. The first-order chi connectivity index (χ1) is 10.3. The molecule has 0 bridgehead atoms. The average Bonchev–Trinajstić information content (AvgIpc) is 3.05. The Morgan fingerprint density at radius 2 is 2.05 bits per heavy atom. The minimum atomic E-state index is 0.908. The van der Waals surface area contributed by atoms with Gasteiger partial charge in [0, 0.05) is 57.0 Å². The zero-order valence-electron chi connectivity index (χ0n) is 12.3. The summed E-state index contributed by atoms with van der Waals surface area (Å²) in [6, 6.07) is 4.23. The van der Waals surface area contributed by atoms with Crippen molar-refractivity contribution in [2.45, 2.75) is 13.5 Å². The molecule has 3 rings (SSSR count). The Bertz CT molecular complexity index is 532. The number of pyridine rings is 1. The second-order valence-corrected chi connectivity index (χ2v) is 6.03. The fourth-order valence-electron chi connectivity index (χ4n) is 2.53. The summed E-state index contributed by atoms with van der Waals surface area (Å²) in [5.74, 6) is 0.954. The molecule has 2 aromatic rings. The number of nitrogens with one attached hydrogen (secondary N) is 1. The van der Waals surface area contributed by atoms with Crippen LogP contribution < -0.4 is 10.2 Å². The van der Waals surface area contributed by atoms with Crippen LogP contribution in [0.3, 0.4) is 0 Å². The van der Waals surface area contributed by atoms with E-state index in [4.69, 9.17) is 0 Å². The van der Waals surface area contributed by atoms with E-state index >= 15 is 0 Å². The fourth-order valence-corrected chi connectivity index (χ4v) is 3.23. The molecule has 1 aliphatic heterocycles. The van der Waals surface area contributed by atoms with E-state index in [1.165, 1.54) is 5.56 Å². The SMILES string of the molecule is CCNc1ccc(CN2CCN(c3nccs3)CC2)cn1. The zero-order chi connectivity index (χ0) is 14.5. The van der Waals surface area contributed by atoms with Crippen molar-refractivity contribution in [2.75, 3.05) is 42.9 Å². The molecule has 0 amide bonds. The summed E-state index contributed by atoms with van der Waals surface area (Å²) in [6.07, 6.45) is 3.86. The first-order valence-electron chi connectivity index (χ1n) is 7.41. The number of thiazole rings is 1. The van der Waals surface area contributed by atoms with E-state index in [9.17, 15) is 0 Å². The van der Waals surface area contributed by atoms with Crippen molar-refractivity contribution in [1.82, 2.24) is 14.9 Å². The van der Waals surface area contributed by atoms with E-state index in [-0.39, 0.29) is 0 Å². The molecule has 0 unspecified atom stereocenters. The molecule has 5 nitrogen and oxygen atoms in total. The molecule has 0 radical (unpaired) electrons.